The Labute approximate surface area is 249 Å². The van der Waals surface area contributed by atoms with E-state index in [0.29, 0.717) is 28.3 Å². The molecule has 0 amide bonds. The van der Waals surface area contributed by atoms with Crippen LogP contribution in [-0.2, 0) is 28.2 Å². The van der Waals surface area contributed by atoms with Gasteiger partial charge in [-0.05, 0) is 18.2 Å². The number of anilines is 4. The fourth-order valence-electron chi connectivity index (χ4n) is 4.04. The summed E-state index contributed by atoms with van der Waals surface area (Å²) in [5, 5.41) is 4.94. The molecule has 0 radical (unpaired) electrons. The number of nitrogens with zero attached hydrogens (tertiary/aromatic N) is 14. The molecule has 0 spiro atoms. The molecule has 0 atom stereocenters. The van der Waals surface area contributed by atoms with E-state index in [9.17, 15) is 0 Å². The minimum atomic E-state index is 0.170. The molecule has 18 heteroatoms. The Morgan fingerprint density at radius 1 is 0.591 bits per heavy atom. The molecule has 0 bridgehead atoms. The molecular weight excluding hydrogens is 564 g/mol. The van der Waals surface area contributed by atoms with Gasteiger partial charge in [-0.1, -0.05) is 0 Å². The van der Waals surface area contributed by atoms with Gasteiger partial charge in [0.05, 0.1) is 30.6 Å². The molecule has 8 aromatic rings. The molecule has 0 aliphatic heterocycles. The molecule has 0 unspecified atom stereocenters. The summed E-state index contributed by atoms with van der Waals surface area (Å²) in [4.78, 5) is 36.0. The number of nitrogen functional groups attached to an aromatic ring is 4. The molecule has 18 nitrogen and oxygen atoms in total. The number of hydrogen-bond acceptors (Lipinski definition) is 14. The van der Waals surface area contributed by atoms with Crippen molar-refractivity contribution in [2.75, 3.05) is 22.9 Å². The fourth-order valence-corrected chi connectivity index (χ4v) is 4.04. The van der Waals surface area contributed by atoms with E-state index in [0.717, 1.165) is 33.5 Å². The second kappa shape index (κ2) is 12.2. The summed E-state index contributed by atoms with van der Waals surface area (Å²) < 4.78 is 7.14. The zero-order valence-electron chi connectivity index (χ0n) is 24.3. The standard InChI is InChI=1S/C7H8N4.C7H7N3.C6H8N6.C6H7N5/c1-11-7-5(4-10-11)6(8)2-3-9-7;1-10-5-9-6-3-2-4-8-7(6)10;1-12-2-9-3-4(7)10-6(8)11-5(3)12;1-11-3-10-4-5(7)8-2-9-6(4)11/h2-4H,1H3,(H2,8,9);2-5H,1H3;2H,1H3,(H4,7,8,10,11);2-3H,1H3,(H2,7,8,9). The van der Waals surface area contributed by atoms with Crippen molar-refractivity contribution >= 4 is 67.8 Å². The first-order valence-electron chi connectivity index (χ1n) is 13.0. The summed E-state index contributed by atoms with van der Waals surface area (Å²) >= 11 is 0. The van der Waals surface area contributed by atoms with Gasteiger partial charge in [0.1, 0.15) is 22.9 Å². The number of fused-ring (bicyclic) bond motifs is 4. The molecule has 0 aromatic carbocycles. The summed E-state index contributed by atoms with van der Waals surface area (Å²) in [6, 6.07) is 5.60. The summed E-state index contributed by atoms with van der Waals surface area (Å²) in [6.07, 6.45) is 11.6. The fraction of sp³-hybridized carbons (Fsp3) is 0.154. The predicted octanol–water partition coefficient (Wildman–Crippen LogP) is 0.992. The lowest BCUT2D eigenvalue weighted by molar-refractivity contribution is 0.786. The van der Waals surface area contributed by atoms with Crippen LogP contribution in [0.15, 0.2) is 62.1 Å². The Morgan fingerprint density at radius 3 is 1.95 bits per heavy atom. The van der Waals surface area contributed by atoms with Crippen LogP contribution in [0.4, 0.5) is 23.3 Å². The third-order valence-electron chi connectivity index (χ3n) is 6.27. The number of imidazole rings is 3. The molecule has 8 heterocycles. The van der Waals surface area contributed by atoms with Crippen molar-refractivity contribution in [3.8, 4) is 0 Å². The highest BCUT2D eigenvalue weighted by Gasteiger charge is 2.07. The third-order valence-corrected chi connectivity index (χ3v) is 6.27. The lowest BCUT2D eigenvalue weighted by Crippen LogP contribution is -2.01. The van der Waals surface area contributed by atoms with Crippen LogP contribution in [0.1, 0.15) is 0 Å². The quantitative estimate of drug-likeness (QED) is 0.191. The lowest BCUT2D eigenvalue weighted by atomic mass is 10.3. The number of hydrogen-bond donors (Lipinski definition) is 4. The molecule has 8 N–H and O–H groups in total. The van der Waals surface area contributed by atoms with E-state index < -0.39 is 0 Å². The van der Waals surface area contributed by atoms with Gasteiger partial charge in [-0.3, -0.25) is 4.68 Å². The first-order valence-corrected chi connectivity index (χ1v) is 13.0. The highest BCUT2D eigenvalue weighted by molar-refractivity contribution is 5.87. The van der Waals surface area contributed by atoms with Crippen molar-refractivity contribution in [1.82, 2.24) is 68.3 Å². The molecule has 0 aliphatic rings. The highest BCUT2D eigenvalue weighted by Crippen LogP contribution is 2.17. The number of aromatic nitrogens is 14. The summed E-state index contributed by atoms with van der Waals surface area (Å²) in [5.41, 5.74) is 28.3. The van der Waals surface area contributed by atoms with Crippen molar-refractivity contribution in [2.24, 2.45) is 28.2 Å². The number of aryl methyl sites for hydroxylation is 4. The number of pyridine rings is 2. The molecule has 0 saturated carbocycles. The largest absolute Gasteiger partial charge is 0.398 e. The Morgan fingerprint density at radius 2 is 1.25 bits per heavy atom. The molecule has 8 rings (SSSR count). The van der Waals surface area contributed by atoms with Crippen molar-refractivity contribution in [3.05, 3.63) is 62.1 Å². The Bertz CT molecular complexity index is 2110. The molecule has 8 aromatic heterocycles. The average molecular weight is 595 g/mol. The highest BCUT2D eigenvalue weighted by atomic mass is 15.3. The number of rotatable bonds is 0. The van der Waals surface area contributed by atoms with Crippen LogP contribution >= 0.6 is 0 Å². The van der Waals surface area contributed by atoms with E-state index in [1.165, 1.54) is 6.33 Å². The lowest BCUT2D eigenvalue weighted by Gasteiger charge is -1.96. The van der Waals surface area contributed by atoms with E-state index in [1.807, 2.05) is 44.9 Å². The smallest absolute Gasteiger partial charge is 0.224 e. The van der Waals surface area contributed by atoms with Gasteiger partial charge in [0.2, 0.25) is 5.95 Å². The van der Waals surface area contributed by atoms with Gasteiger partial charge in [0.25, 0.3) is 0 Å². The Kier molecular flexibility index (Phi) is 8.05. The maximum atomic E-state index is 5.68. The molecule has 0 aliphatic carbocycles. The van der Waals surface area contributed by atoms with E-state index in [-0.39, 0.29) is 5.95 Å². The minimum Gasteiger partial charge on any atom is -0.398 e. The second-order valence-electron chi connectivity index (χ2n) is 9.39. The van der Waals surface area contributed by atoms with Crippen molar-refractivity contribution in [2.45, 2.75) is 0 Å². The summed E-state index contributed by atoms with van der Waals surface area (Å²) in [7, 11) is 7.46. The van der Waals surface area contributed by atoms with E-state index in [1.54, 1.807) is 57.5 Å². The Hall–Kier alpha value is -6.46. The second-order valence-corrected chi connectivity index (χ2v) is 9.39. The van der Waals surface area contributed by atoms with Gasteiger partial charge < -0.3 is 36.6 Å². The van der Waals surface area contributed by atoms with Crippen LogP contribution in [0, 0.1) is 0 Å². The zero-order valence-corrected chi connectivity index (χ0v) is 24.3. The van der Waals surface area contributed by atoms with Crippen molar-refractivity contribution < 1.29 is 0 Å². The number of nitrogens with two attached hydrogens (primary N) is 4. The third kappa shape index (κ3) is 5.93. The van der Waals surface area contributed by atoms with Gasteiger partial charge in [-0.2, -0.15) is 15.1 Å². The van der Waals surface area contributed by atoms with E-state index in [2.05, 4.69) is 50.0 Å². The normalized spacial score (nSPS) is 10.6. The Balaban J connectivity index is 0.000000117. The molecule has 0 fully saturated rings. The summed E-state index contributed by atoms with van der Waals surface area (Å²) in [5.74, 6) is 0.914. The maximum Gasteiger partial charge on any atom is 0.224 e. The monoisotopic (exact) mass is 594 g/mol. The zero-order chi connectivity index (χ0) is 31.4. The average Bonchev–Trinajstić information content (AvgIpc) is 3.79. The van der Waals surface area contributed by atoms with Crippen molar-refractivity contribution in [1.29, 1.82) is 0 Å². The first kappa shape index (κ1) is 29.0. The molecule has 44 heavy (non-hydrogen) atoms. The van der Waals surface area contributed by atoms with Crippen LogP contribution < -0.4 is 22.9 Å². The van der Waals surface area contributed by atoms with Crippen LogP contribution in [0.25, 0.3) is 44.5 Å². The van der Waals surface area contributed by atoms with E-state index >= 15 is 0 Å². The van der Waals surface area contributed by atoms with Crippen LogP contribution in [0.5, 0.6) is 0 Å². The van der Waals surface area contributed by atoms with Crippen LogP contribution in [-0.4, -0.2) is 68.3 Å². The molecule has 0 saturated heterocycles. The van der Waals surface area contributed by atoms with Gasteiger partial charge in [0, 0.05) is 46.3 Å². The SMILES string of the molecule is Cn1cnc2c(N)nc(N)nc21.Cn1cnc2c(N)ncnc21.Cn1cnc2cccnc21.Cn1ncc2c(N)ccnc21. The predicted molar refractivity (Wildman–Crippen MR) is 167 cm³/mol. The van der Waals surface area contributed by atoms with Crippen LogP contribution in [0.2, 0.25) is 0 Å². The molecule has 224 valence electrons. The van der Waals surface area contributed by atoms with Gasteiger partial charge in [-0.25, -0.2) is 34.9 Å². The topological polar surface area (TPSA) is 253 Å². The van der Waals surface area contributed by atoms with E-state index in [4.69, 9.17) is 22.9 Å². The van der Waals surface area contributed by atoms with Gasteiger partial charge >= 0.3 is 0 Å². The van der Waals surface area contributed by atoms with Gasteiger partial charge in [0.15, 0.2) is 34.2 Å². The van der Waals surface area contributed by atoms with Crippen molar-refractivity contribution in [3.63, 3.8) is 0 Å². The van der Waals surface area contributed by atoms with Gasteiger partial charge in [-0.15, -0.1) is 0 Å². The minimum absolute atomic E-state index is 0.170. The summed E-state index contributed by atoms with van der Waals surface area (Å²) in [6.45, 7) is 0. The molecular formula is C26H30N18. The maximum absolute atomic E-state index is 5.68. The van der Waals surface area contributed by atoms with Crippen LogP contribution in [0.3, 0.4) is 0 Å². The first-order chi connectivity index (χ1) is 21.1.